The standard InChI is InChI=1S/C36H33Cl3N8O7/c1-19-40-29-26(15-46-28(48)17-45(33(46)51)21-9-3-2-4-10-21)41-31(43-32(50)54-18-34(37,38)39)47-16-27(36(52,53)35(29,47)44-19)42-30(49)24-13-7-12-23-22-11-6-5-8-20(22)14-25(23)24/h2-13,26-27,29,40,44,52-53H,1,14-18H2,(H,42,49)(H,41,43,50)/t26-,27-,29-,35-/m0/s1. The van der Waals surface area contributed by atoms with E-state index in [1.165, 1.54) is 9.80 Å². The van der Waals surface area contributed by atoms with Crippen molar-refractivity contribution in [3.05, 3.63) is 102 Å². The van der Waals surface area contributed by atoms with Crippen LogP contribution in [0.5, 0.6) is 0 Å². The molecule has 3 aromatic rings. The molecule has 5 aliphatic rings. The summed E-state index contributed by atoms with van der Waals surface area (Å²) in [6, 6.07) is 17.6. The Kier molecular flexibility index (Phi) is 8.69. The number of hydrogen-bond donors (Lipinski definition) is 6. The number of alkyl halides is 3. The van der Waals surface area contributed by atoms with Crippen molar-refractivity contribution < 1.29 is 34.1 Å². The Labute approximate surface area is 323 Å². The normalized spacial score (nSPS) is 24.9. The zero-order valence-electron chi connectivity index (χ0n) is 28.3. The van der Waals surface area contributed by atoms with Crippen LogP contribution in [0.15, 0.2) is 90.2 Å². The van der Waals surface area contributed by atoms with Crippen LogP contribution in [0.2, 0.25) is 0 Å². The molecule has 15 nitrogen and oxygen atoms in total. The van der Waals surface area contributed by atoms with Gasteiger partial charge in [-0.15, -0.1) is 0 Å². The molecule has 54 heavy (non-hydrogen) atoms. The molecule has 0 saturated carbocycles. The second-order valence-electron chi connectivity index (χ2n) is 13.6. The third-order valence-electron chi connectivity index (χ3n) is 10.4. The molecule has 4 heterocycles. The summed E-state index contributed by atoms with van der Waals surface area (Å²) in [7, 11) is 0. The van der Waals surface area contributed by atoms with Gasteiger partial charge in [-0.25, -0.2) is 14.6 Å². The van der Waals surface area contributed by atoms with E-state index in [0.717, 1.165) is 27.2 Å². The molecule has 0 aromatic heterocycles. The summed E-state index contributed by atoms with van der Waals surface area (Å²) < 4.78 is 3.16. The van der Waals surface area contributed by atoms with Crippen molar-refractivity contribution in [2.24, 2.45) is 4.99 Å². The number of halogens is 3. The summed E-state index contributed by atoms with van der Waals surface area (Å²) in [5.41, 5.74) is 2.66. The number of carbonyl (C=O) groups excluding carboxylic acids is 4. The van der Waals surface area contributed by atoms with Crippen LogP contribution in [0.1, 0.15) is 21.5 Å². The van der Waals surface area contributed by atoms with E-state index in [1.54, 1.807) is 42.5 Å². The number of nitrogens with zero attached hydrogens (tertiary/aromatic N) is 4. The van der Waals surface area contributed by atoms with Gasteiger partial charge in [0.25, 0.3) is 11.8 Å². The third kappa shape index (κ3) is 5.87. The van der Waals surface area contributed by atoms with Gasteiger partial charge in [0.05, 0.1) is 24.4 Å². The summed E-state index contributed by atoms with van der Waals surface area (Å²) in [6.45, 7) is 2.45. The Morgan fingerprint density at radius 1 is 1.02 bits per heavy atom. The van der Waals surface area contributed by atoms with Crippen LogP contribution in [-0.4, -0.2) is 110 Å². The summed E-state index contributed by atoms with van der Waals surface area (Å²) in [5, 5.41) is 35.9. The monoisotopic (exact) mass is 794 g/mol. The van der Waals surface area contributed by atoms with Gasteiger partial charge in [-0.1, -0.05) is 96.0 Å². The molecule has 0 radical (unpaired) electrons. The van der Waals surface area contributed by atoms with Crippen molar-refractivity contribution in [3.8, 4) is 11.1 Å². The van der Waals surface area contributed by atoms with E-state index in [0.29, 0.717) is 17.7 Å². The van der Waals surface area contributed by atoms with Crippen molar-refractivity contribution in [2.75, 3.05) is 31.1 Å². The van der Waals surface area contributed by atoms with Crippen LogP contribution in [0.3, 0.4) is 0 Å². The lowest BCUT2D eigenvalue weighted by Crippen LogP contribution is -2.78. The number of imide groups is 1. The van der Waals surface area contributed by atoms with Crippen molar-refractivity contribution in [1.29, 1.82) is 0 Å². The Morgan fingerprint density at radius 2 is 1.74 bits per heavy atom. The average molecular weight is 796 g/mol. The molecule has 0 bridgehead atoms. The lowest BCUT2D eigenvalue weighted by Gasteiger charge is -2.49. The Morgan fingerprint density at radius 3 is 2.50 bits per heavy atom. The first kappa shape index (κ1) is 35.9. The predicted octanol–water partition coefficient (Wildman–Crippen LogP) is 2.38. The number of carbonyl (C=O) groups is 4. The van der Waals surface area contributed by atoms with Gasteiger partial charge in [-0.3, -0.25) is 24.7 Å². The Hall–Kier alpha value is -5.06. The molecule has 4 aliphatic heterocycles. The number of amides is 5. The van der Waals surface area contributed by atoms with E-state index in [1.807, 2.05) is 30.3 Å². The third-order valence-corrected chi connectivity index (χ3v) is 10.7. The number of aliphatic hydroxyl groups is 2. The summed E-state index contributed by atoms with van der Waals surface area (Å²) in [5.74, 6) is -3.99. The molecule has 3 aromatic carbocycles. The molecular weight excluding hydrogens is 763 g/mol. The van der Waals surface area contributed by atoms with Gasteiger partial charge in [0.15, 0.2) is 5.66 Å². The van der Waals surface area contributed by atoms with Crippen molar-refractivity contribution in [1.82, 2.24) is 31.1 Å². The number of guanidine groups is 1. The molecule has 1 spiro atoms. The SMILES string of the molecule is C=C1N[C@H]2[C@H](CN3C(=O)CN(c4ccccc4)C3=O)N=C(NC(=O)OCC(Cl)(Cl)Cl)N3C[C@H](NC(=O)c4cccc5c4Cc4ccccc4-5)C(O)(O)[C@]23N1. The first-order valence-electron chi connectivity index (χ1n) is 16.9. The van der Waals surface area contributed by atoms with Gasteiger partial charge in [-0.05, 0) is 46.9 Å². The zero-order valence-corrected chi connectivity index (χ0v) is 30.5. The topological polar surface area (TPSA) is 188 Å². The highest BCUT2D eigenvalue weighted by Gasteiger charge is 2.74. The Bertz CT molecular complexity index is 2130. The second kappa shape index (κ2) is 13.1. The van der Waals surface area contributed by atoms with Crippen molar-refractivity contribution in [3.63, 3.8) is 0 Å². The lowest BCUT2D eigenvalue weighted by atomic mass is 9.85. The van der Waals surface area contributed by atoms with Gasteiger partial charge >= 0.3 is 12.1 Å². The number of urea groups is 1. The van der Waals surface area contributed by atoms with Crippen LogP contribution in [-0.2, 0) is 16.0 Å². The van der Waals surface area contributed by atoms with Crippen LogP contribution in [0, 0.1) is 0 Å². The van der Waals surface area contributed by atoms with E-state index < -0.39 is 63.9 Å². The fourth-order valence-corrected chi connectivity index (χ4v) is 8.19. The van der Waals surface area contributed by atoms with Crippen LogP contribution >= 0.6 is 34.8 Å². The maximum atomic E-state index is 14.1. The minimum Gasteiger partial charge on any atom is -0.445 e. The number of anilines is 1. The number of rotatable bonds is 6. The van der Waals surface area contributed by atoms with Crippen LogP contribution < -0.4 is 26.2 Å². The molecule has 0 unspecified atom stereocenters. The smallest absolute Gasteiger partial charge is 0.414 e. The number of aliphatic imine (C=N–C) groups is 1. The van der Waals surface area contributed by atoms with Crippen molar-refractivity contribution in [2.45, 2.75) is 39.8 Å². The summed E-state index contributed by atoms with van der Waals surface area (Å²) >= 11 is 17.4. The molecule has 5 amide bonds. The van der Waals surface area contributed by atoms with Gasteiger partial charge in [0.2, 0.25) is 15.5 Å². The molecule has 8 rings (SSSR count). The highest BCUT2D eigenvalue weighted by Crippen LogP contribution is 2.46. The number of hydrogen-bond acceptors (Lipinski definition) is 11. The van der Waals surface area contributed by atoms with Crippen LogP contribution in [0.4, 0.5) is 15.3 Å². The van der Waals surface area contributed by atoms with Crippen LogP contribution in [0.25, 0.3) is 11.1 Å². The number of para-hydroxylation sites is 1. The number of alkyl carbamates (subject to hydrolysis) is 1. The number of fused-ring (bicyclic) bond motifs is 3. The van der Waals surface area contributed by atoms with Crippen molar-refractivity contribution >= 4 is 70.4 Å². The maximum absolute atomic E-state index is 14.1. The fraction of sp³-hybridized carbons (Fsp3) is 0.306. The summed E-state index contributed by atoms with van der Waals surface area (Å²) in [4.78, 5) is 62.5. The van der Waals surface area contributed by atoms with Gasteiger partial charge in [0.1, 0.15) is 19.2 Å². The highest BCUT2D eigenvalue weighted by molar-refractivity contribution is 6.67. The van der Waals surface area contributed by atoms with E-state index in [4.69, 9.17) is 44.5 Å². The first-order chi connectivity index (χ1) is 25.7. The molecule has 6 N–H and O–H groups in total. The molecule has 280 valence electrons. The quantitative estimate of drug-likeness (QED) is 0.0962. The minimum atomic E-state index is -2.81. The molecule has 18 heteroatoms. The van der Waals surface area contributed by atoms with E-state index in [-0.39, 0.29) is 31.4 Å². The fourth-order valence-electron chi connectivity index (χ4n) is 8.03. The second-order valence-corrected chi connectivity index (χ2v) is 16.1. The molecule has 1 aliphatic carbocycles. The highest BCUT2D eigenvalue weighted by atomic mass is 35.6. The predicted molar refractivity (Wildman–Crippen MR) is 199 cm³/mol. The number of benzene rings is 3. The maximum Gasteiger partial charge on any atom is 0.414 e. The van der Waals surface area contributed by atoms with Gasteiger partial charge in [0, 0.05) is 17.8 Å². The molecule has 3 saturated heterocycles. The number of ether oxygens (including phenoxy) is 1. The molecule has 4 atom stereocenters. The minimum absolute atomic E-state index is 0.147. The summed E-state index contributed by atoms with van der Waals surface area (Å²) in [6.07, 6.45) is -0.588. The largest absolute Gasteiger partial charge is 0.445 e. The van der Waals surface area contributed by atoms with Gasteiger partial charge in [-0.2, -0.15) is 0 Å². The number of nitrogens with one attached hydrogen (secondary N) is 4. The zero-order chi connectivity index (χ0) is 38.2. The lowest BCUT2D eigenvalue weighted by molar-refractivity contribution is -0.231. The Balaban J connectivity index is 1.13. The van der Waals surface area contributed by atoms with E-state index in [2.05, 4.69) is 27.8 Å². The average Bonchev–Trinajstić information content (AvgIpc) is 3.84. The van der Waals surface area contributed by atoms with E-state index >= 15 is 0 Å². The first-order valence-corrected chi connectivity index (χ1v) is 18.0. The molecular formula is C36H33Cl3N8O7. The van der Waals surface area contributed by atoms with E-state index in [9.17, 15) is 29.4 Å². The molecule has 3 fully saturated rings. The van der Waals surface area contributed by atoms with Gasteiger partial charge < -0.3 is 35.8 Å².